The van der Waals surface area contributed by atoms with Gasteiger partial charge in [-0.3, -0.25) is 4.99 Å². The number of hydrogen-bond donors (Lipinski definition) is 2. The van der Waals surface area contributed by atoms with Crippen molar-refractivity contribution in [3.05, 3.63) is 23.8 Å². The van der Waals surface area contributed by atoms with Gasteiger partial charge in [-0.1, -0.05) is 6.07 Å². The Balaban J connectivity index is 2.71. The first-order chi connectivity index (χ1) is 11.7. The van der Waals surface area contributed by atoms with Crippen molar-refractivity contribution >= 4 is 5.96 Å². The summed E-state index contributed by atoms with van der Waals surface area (Å²) in [6, 6.07) is 6.11. The van der Waals surface area contributed by atoms with E-state index in [1.165, 1.54) is 0 Å². The summed E-state index contributed by atoms with van der Waals surface area (Å²) in [6.45, 7) is 8.79. The van der Waals surface area contributed by atoms with Gasteiger partial charge in [0.15, 0.2) is 17.5 Å². The van der Waals surface area contributed by atoms with E-state index in [2.05, 4.69) is 22.5 Å². The third kappa shape index (κ3) is 6.66. The van der Waals surface area contributed by atoms with E-state index in [9.17, 15) is 0 Å². The van der Waals surface area contributed by atoms with Gasteiger partial charge in [-0.25, -0.2) is 0 Å². The fourth-order valence-corrected chi connectivity index (χ4v) is 2.24. The van der Waals surface area contributed by atoms with Gasteiger partial charge in [0.1, 0.15) is 0 Å². The van der Waals surface area contributed by atoms with E-state index in [1.807, 2.05) is 32.0 Å². The van der Waals surface area contributed by atoms with Crippen molar-refractivity contribution in [3.63, 3.8) is 0 Å². The Hall–Kier alpha value is -1.95. The highest BCUT2D eigenvalue weighted by Gasteiger charge is 2.12. The first kappa shape index (κ1) is 20.1. The molecule has 1 rings (SSSR count). The molecule has 0 fully saturated rings. The smallest absolute Gasteiger partial charge is 0.191 e. The zero-order valence-electron chi connectivity index (χ0n) is 15.5. The minimum Gasteiger partial charge on any atom is -0.490 e. The van der Waals surface area contributed by atoms with Crippen LogP contribution in [0, 0.1) is 0 Å². The molecule has 0 aliphatic heterocycles. The summed E-state index contributed by atoms with van der Waals surface area (Å²) in [5.41, 5.74) is 1.11. The van der Waals surface area contributed by atoms with Crippen LogP contribution in [-0.4, -0.2) is 46.5 Å². The molecule has 1 aromatic rings. The van der Waals surface area contributed by atoms with Crippen molar-refractivity contribution in [2.75, 3.05) is 40.5 Å². The molecular formula is C18H31N3O3. The summed E-state index contributed by atoms with van der Waals surface area (Å²) in [6.07, 6.45) is 0.934. The molecule has 136 valence electrons. The minimum atomic E-state index is 0.0912. The van der Waals surface area contributed by atoms with Crippen LogP contribution >= 0.6 is 0 Å². The van der Waals surface area contributed by atoms with Crippen LogP contribution in [0.5, 0.6) is 11.5 Å². The van der Waals surface area contributed by atoms with Gasteiger partial charge in [0, 0.05) is 27.3 Å². The van der Waals surface area contributed by atoms with Crippen molar-refractivity contribution in [3.8, 4) is 11.5 Å². The Labute approximate surface area is 145 Å². The molecule has 0 radical (unpaired) electrons. The lowest BCUT2D eigenvalue weighted by molar-refractivity contribution is 0.195. The van der Waals surface area contributed by atoms with Crippen LogP contribution in [0.1, 0.15) is 38.8 Å². The number of ether oxygens (including phenoxy) is 3. The van der Waals surface area contributed by atoms with Gasteiger partial charge in [-0.2, -0.15) is 0 Å². The van der Waals surface area contributed by atoms with Crippen molar-refractivity contribution in [2.24, 2.45) is 4.99 Å². The second-order valence-electron chi connectivity index (χ2n) is 5.28. The molecule has 1 atom stereocenters. The number of benzene rings is 1. The number of nitrogens with zero attached hydrogens (tertiary/aromatic N) is 1. The Morgan fingerprint density at radius 3 is 2.50 bits per heavy atom. The van der Waals surface area contributed by atoms with Gasteiger partial charge in [0.25, 0.3) is 0 Å². The highest BCUT2D eigenvalue weighted by atomic mass is 16.5. The van der Waals surface area contributed by atoms with Crippen LogP contribution in [0.25, 0.3) is 0 Å². The number of guanidine groups is 1. The quantitative estimate of drug-likeness (QED) is 0.390. The molecule has 0 saturated heterocycles. The first-order valence-corrected chi connectivity index (χ1v) is 8.51. The Morgan fingerprint density at radius 2 is 1.88 bits per heavy atom. The molecule has 0 saturated carbocycles. The molecule has 0 spiro atoms. The Bertz CT molecular complexity index is 506. The Kier molecular flexibility index (Phi) is 9.68. The molecular weight excluding hydrogens is 306 g/mol. The average molecular weight is 337 g/mol. The van der Waals surface area contributed by atoms with Gasteiger partial charge in [0.05, 0.1) is 19.3 Å². The average Bonchev–Trinajstić information content (AvgIpc) is 2.59. The lowest BCUT2D eigenvalue weighted by Crippen LogP contribution is -2.39. The second kappa shape index (κ2) is 11.6. The van der Waals surface area contributed by atoms with E-state index in [1.54, 1.807) is 14.2 Å². The third-order valence-corrected chi connectivity index (χ3v) is 3.46. The lowest BCUT2D eigenvalue weighted by atomic mass is 10.1. The van der Waals surface area contributed by atoms with Crippen molar-refractivity contribution in [1.29, 1.82) is 0 Å². The molecule has 2 N–H and O–H groups in total. The van der Waals surface area contributed by atoms with Gasteiger partial charge in [0.2, 0.25) is 0 Å². The van der Waals surface area contributed by atoms with Crippen molar-refractivity contribution < 1.29 is 14.2 Å². The summed E-state index contributed by atoms with van der Waals surface area (Å²) in [5.74, 6) is 2.32. The molecule has 0 aliphatic rings. The molecule has 0 heterocycles. The van der Waals surface area contributed by atoms with Crippen LogP contribution < -0.4 is 20.1 Å². The lowest BCUT2D eigenvalue weighted by Gasteiger charge is -2.20. The predicted octanol–water partition coefficient (Wildman–Crippen LogP) is 2.75. The van der Waals surface area contributed by atoms with Crippen LogP contribution in [0.4, 0.5) is 0 Å². The van der Waals surface area contributed by atoms with Crippen LogP contribution in [0.2, 0.25) is 0 Å². The fraction of sp³-hybridized carbons (Fsp3) is 0.611. The zero-order valence-corrected chi connectivity index (χ0v) is 15.5. The topological polar surface area (TPSA) is 64.1 Å². The molecule has 6 heteroatoms. The highest BCUT2D eigenvalue weighted by Crippen LogP contribution is 2.30. The zero-order chi connectivity index (χ0) is 17.8. The maximum absolute atomic E-state index is 5.69. The summed E-state index contributed by atoms with van der Waals surface area (Å²) in [7, 11) is 3.47. The molecule has 0 bridgehead atoms. The standard InChI is InChI=1S/C18H31N3O3/c1-6-23-16-10-9-15(13-17(16)24-7-2)14(3)21-18(19-4)20-11-8-12-22-5/h9-10,13-14H,6-8,11-12H2,1-5H3,(H2,19,20,21). The van der Waals surface area contributed by atoms with E-state index < -0.39 is 0 Å². The molecule has 1 aromatic carbocycles. The monoisotopic (exact) mass is 337 g/mol. The largest absolute Gasteiger partial charge is 0.490 e. The van der Waals surface area contributed by atoms with Gasteiger partial charge in [-0.05, 0) is 44.9 Å². The van der Waals surface area contributed by atoms with E-state index in [-0.39, 0.29) is 6.04 Å². The number of nitrogens with one attached hydrogen (secondary N) is 2. The van der Waals surface area contributed by atoms with Crippen LogP contribution in [0.15, 0.2) is 23.2 Å². The third-order valence-electron chi connectivity index (χ3n) is 3.46. The summed E-state index contributed by atoms with van der Waals surface area (Å²) < 4.78 is 16.3. The normalized spacial score (nSPS) is 12.6. The SMILES string of the molecule is CCOc1ccc(C(C)NC(=NC)NCCCOC)cc1OCC. The number of hydrogen-bond acceptors (Lipinski definition) is 4. The van der Waals surface area contributed by atoms with Gasteiger partial charge >= 0.3 is 0 Å². The molecule has 24 heavy (non-hydrogen) atoms. The predicted molar refractivity (Wildman–Crippen MR) is 98.2 cm³/mol. The summed E-state index contributed by atoms with van der Waals surface area (Å²) in [4.78, 5) is 4.25. The van der Waals surface area contributed by atoms with E-state index >= 15 is 0 Å². The van der Waals surface area contributed by atoms with E-state index in [0.29, 0.717) is 13.2 Å². The van der Waals surface area contributed by atoms with E-state index in [0.717, 1.165) is 42.6 Å². The molecule has 0 aromatic heterocycles. The maximum Gasteiger partial charge on any atom is 0.191 e. The van der Waals surface area contributed by atoms with Crippen molar-refractivity contribution in [1.82, 2.24) is 10.6 Å². The van der Waals surface area contributed by atoms with Gasteiger partial charge in [-0.15, -0.1) is 0 Å². The first-order valence-electron chi connectivity index (χ1n) is 8.51. The maximum atomic E-state index is 5.69. The number of aliphatic imine (C=N–C) groups is 1. The Morgan fingerprint density at radius 1 is 1.17 bits per heavy atom. The van der Waals surface area contributed by atoms with Gasteiger partial charge < -0.3 is 24.8 Å². The van der Waals surface area contributed by atoms with Crippen LogP contribution in [-0.2, 0) is 4.74 Å². The van der Waals surface area contributed by atoms with E-state index in [4.69, 9.17) is 14.2 Å². The minimum absolute atomic E-state index is 0.0912. The number of rotatable bonds is 10. The fourth-order valence-electron chi connectivity index (χ4n) is 2.24. The second-order valence-corrected chi connectivity index (χ2v) is 5.28. The molecule has 6 nitrogen and oxygen atoms in total. The number of methoxy groups -OCH3 is 1. The summed E-state index contributed by atoms with van der Waals surface area (Å²) >= 11 is 0. The summed E-state index contributed by atoms with van der Waals surface area (Å²) in [5, 5.41) is 6.66. The highest BCUT2D eigenvalue weighted by molar-refractivity contribution is 5.80. The molecule has 0 aliphatic carbocycles. The molecule has 0 amide bonds. The van der Waals surface area contributed by atoms with Crippen LogP contribution in [0.3, 0.4) is 0 Å². The molecule has 1 unspecified atom stereocenters. The van der Waals surface area contributed by atoms with Crippen molar-refractivity contribution in [2.45, 2.75) is 33.2 Å².